The highest BCUT2D eigenvalue weighted by Gasteiger charge is 2.12. The van der Waals surface area contributed by atoms with Crippen molar-refractivity contribution in [2.75, 3.05) is 0 Å². The number of nitrogens with zero attached hydrogens (tertiary/aromatic N) is 6. The van der Waals surface area contributed by atoms with E-state index in [1.807, 2.05) is 28.9 Å². The van der Waals surface area contributed by atoms with Crippen molar-refractivity contribution >= 4 is 16.6 Å². The number of aromatic nitrogens is 7. The Balaban J connectivity index is 1.48. The van der Waals surface area contributed by atoms with Gasteiger partial charge in [0.15, 0.2) is 0 Å². The summed E-state index contributed by atoms with van der Waals surface area (Å²) in [5, 5.41) is 25.1. The van der Waals surface area contributed by atoms with Crippen LogP contribution in [-0.4, -0.2) is 39.7 Å². The van der Waals surface area contributed by atoms with Gasteiger partial charge in [-0.1, -0.05) is 11.3 Å². The monoisotopic (exact) mass is 363 g/mol. The van der Waals surface area contributed by atoms with Gasteiger partial charge < -0.3 is 9.51 Å². The molecule has 0 spiro atoms. The molecule has 0 amide bonds. The van der Waals surface area contributed by atoms with Gasteiger partial charge in [-0.25, -0.2) is 14.1 Å². The van der Waals surface area contributed by atoms with Crippen LogP contribution in [0.1, 0.15) is 11.3 Å². The molecule has 0 unspecified atom stereocenters. The van der Waals surface area contributed by atoms with E-state index in [4.69, 9.17) is 0 Å². The van der Waals surface area contributed by atoms with Gasteiger partial charge in [-0.05, 0) is 23.8 Å². The first-order chi connectivity index (χ1) is 13.2. The summed E-state index contributed by atoms with van der Waals surface area (Å²) in [4.78, 5) is 4.54. The summed E-state index contributed by atoms with van der Waals surface area (Å²) in [6.45, 7) is 0.402. The molecule has 1 aromatic carbocycles. The fourth-order valence-corrected chi connectivity index (χ4v) is 3.15. The molecule has 5 aromatic rings. The number of nitrogens with one attached hydrogen (secondary N) is 1. The molecule has 0 fully saturated rings. The number of aliphatic hydroxyl groups is 1. The number of fused-ring (bicyclic) bond motifs is 2. The van der Waals surface area contributed by atoms with Gasteiger partial charge in [0.05, 0.1) is 36.8 Å². The Hall–Kier alpha value is -3.59. The third-order valence-corrected chi connectivity index (χ3v) is 4.41. The van der Waals surface area contributed by atoms with Gasteiger partial charge in [0.2, 0.25) is 0 Å². The maximum absolute atomic E-state index is 13.9. The molecule has 27 heavy (non-hydrogen) atoms. The Morgan fingerprint density at radius 1 is 1.15 bits per heavy atom. The molecule has 8 nitrogen and oxygen atoms in total. The smallest absolute Gasteiger partial charge is 0.137 e. The van der Waals surface area contributed by atoms with Gasteiger partial charge in [-0.3, -0.25) is 5.10 Å². The Labute approximate surface area is 151 Å². The van der Waals surface area contributed by atoms with Gasteiger partial charge in [0, 0.05) is 23.3 Å². The molecule has 9 heteroatoms. The summed E-state index contributed by atoms with van der Waals surface area (Å²) < 4.78 is 17.4. The minimum absolute atomic E-state index is 0.0218. The van der Waals surface area contributed by atoms with Crippen molar-refractivity contribution in [3.63, 3.8) is 0 Å². The lowest BCUT2D eigenvalue weighted by Crippen LogP contribution is -2.00. The Kier molecular flexibility index (Phi) is 3.47. The van der Waals surface area contributed by atoms with Crippen molar-refractivity contribution < 1.29 is 9.50 Å². The molecule has 5 rings (SSSR count). The molecule has 0 radical (unpaired) electrons. The normalized spacial score (nSPS) is 11.6. The molecule has 0 aliphatic heterocycles. The van der Waals surface area contributed by atoms with Crippen LogP contribution in [0.2, 0.25) is 0 Å². The van der Waals surface area contributed by atoms with E-state index >= 15 is 0 Å². The Bertz CT molecular complexity index is 1270. The number of benzene rings is 1. The van der Waals surface area contributed by atoms with Gasteiger partial charge >= 0.3 is 0 Å². The van der Waals surface area contributed by atoms with Crippen molar-refractivity contribution in [1.82, 2.24) is 34.6 Å². The van der Waals surface area contributed by atoms with Crippen LogP contribution >= 0.6 is 0 Å². The Morgan fingerprint density at radius 2 is 2.07 bits per heavy atom. The van der Waals surface area contributed by atoms with E-state index in [-0.39, 0.29) is 12.4 Å². The number of aliphatic hydroxyl groups excluding tert-OH is 1. The maximum atomic E-state index is 13.9. The van der Waals surface area contributed by atoms with Crippen molar-refractivity contribution in [2.45, 2.75) is 13.2 Å². The van der Waals surface area contributed by atoms with E-state index in [0.29, 0.717) is 23.3 Å². The fourth-order valence-electron chi connectivity index (χ4n) is 3.15. The zero-order valence-electron chi connectivity index (χ0n) is 14.0. The molecule has 0 bridgehead atoms. The summed E-state index contributed by atoms with van der Waals surface area (Å²) in [5.74, 6) is -0.365. The summed E-state index contributed by atoms with van der Waals surface area (Å²) in [7, 11) is 0. The first kappa shape index (κ1) is 15.6. The summed E-state index contributed by atoms with van der Waals surface area (Å²) >= 11 is 0. The van der Waals surface area contributed by atoms with Gasteiger partial charge in [-0.15, -0.1) is 5.10 Å². The number of aromatic amines is 1. The molecular formula is C18H14FN7O. The third-order valence-electron chi connectivity index (χ3n) is 4.41. The maximum Gasteiger partial charge on any atom is 0.137 e. The summed E-state index contributed by atoms with van der Waals surface area (Å²) in [5.41, 5.74) is 4.20. The lowest BCUT2D eigenvalue weighted by Gasteiger charge is -1.99. The van der Waals surface area contributed by atoms with Crippen LogP contribution in [-0.2, 0) is 13.2 Å². The Morgan fingerprint density at radius 3 is 2.96 bits per heavy atom. The molecule has 0 saturated carbocycles. The average Bonchev–Trinajstić information content (AvgIpc) is 3.39. The zero-order valence-corrected chi connectivity index (χ0v) is 14.0. The van der Waals surface area contributed by atoms with Crippen LogP contribution in [0.5, 0.6) is 0 Å². The predicted molar refractivity (Wildman–Crippen MR) is 95.3 cm³/mol. The molecule has 4 heterocycles. The highest BCUT2D eigenvalue weighted by molar-refractivity contribution is 5.93. The van der Waals surface area contributed by atoms with Crippen molar-refractivity contribution in [1.29, 1.82) is 0 Å². The molecule has 0 aliphatic rings. The zero-order chi connectivity index (χ0) is 18.4. The number of hydrogen-bond acceptors (Lipinski definition) is 5. The standard InChI is InChI=1S/C18H14FN7O/c19-12-3-14(15-5-20-22-16(15)4-12)17-9-26(24-23-17)8-13-7-25-6-11(10-27)1-2-18(25)21-13/h1-7,9,27H,8,10H2,(H,20,22). The van der Waals surface area contributed by atoms with E-state index in [2.05, 4.69) is 25.5 Å². The van der Waals surface area contributed by atoms with Crippen molar-refractivity contribution in [2.24, 2.45) is 0 Å². The van der Waals surface area contributed by atoms with E-state index in [0.717, 1.165) is 22.3 Å². The first-order valence-corrected chi connectivity index (χ1v) is 8.30. The minimum Gasteiger partial charge on any atom is -0.392 e. The highest BCUT2D eigenvalue weighted by Crippen LogP contribution is 2.27. The number of imidazole rings is 1. The molecule has 134 valence electrons. The van der Waals surface area contributed by atoms with Crippen LogP contribution in [0.15, 0.2) is 49.1 Å². The highest BCUT2D eigenvalue weighted by atomic mass is 19.1. The van der Waals surface area contributed by atoms with Crippen LogP contribution in [0.4, 0.5) is 4.39 Å². The van der Waals surface area contributed by atoms with E-state index in [1.165, 1.54) is 12.1 Å². The quantitative estimate of drug-likeness (QED) is 0.510. The number of pyridine rings is 1. The van der Waals surface area contributed by atoms with Crippen LogP contribution in [0.3, 0.4) is 0 Å². The van der Waals surface area contributed by atoms with Crippen molar-refractivity contribution in [3.05, 3.63) is 66.1 Å². The van der Waals surface area contributed by atoms with Crippen LogP contribution in [0.25, 0.3) is 27.8 Å². The molecule has 0 saturated heterocycles. The summed E-state index contributed by atoms with van der Waals surface area (Å²) in [6.07, 6.45) is 7.11. The number of H-pyrrole nitrogens is 1. The first-order valence-electron chi connectivity index (χ1n) is 8.30. The van der Waals surface area contributed by atoms with E-state index in [1.54, 1.807) is 17.1 Å². The number of hydrogen-bond donors (Lipinski definition) is 2. The molecule has 4 aromatic heterocycles. The minimum atomic E-state index is -0.365. The molecular weight excluding hydrogens is 349 g/mol. The number of rotatable bonds is 4. The molecule has 0 aliphatic carbocycles. The lowest BCUT2D eigenvalue weighted by atomic mass is 10.1. The SMILES string of the molecule is OCc1ccc2nc(Cn3cc(-c4cc(F)cc5[nH]ncc45)nn3)cn2c1. The molecule has 0 atom stereocenters. The number of halogens is 1. The van der Waals surface area contributed by atoms with Gasteiger partial charge in [-0.2, -0.15) is 5.10 Å². The topological polar surface area (TPSA) is 96.9 Å². The van der Waals surface area contributed by atoms with Crippen molar-refractivity contribution in [3.8, 4) is 11.3 Å². The van der Waals surface area contributed by atoms with E-state index < -0.39 is 0 Å². The van der Waals surface area contributed by atoms with E-state index in [9.17, 15) is 9.50 Å². The second-order valence-corrected chi connectivity index (χ2v) is 6.28. The van der Waals surface area contributed by atoms with Gasteiger partial charge in [0.25, 0.3) is 0 Å². The summed E-state index contributed by atoms with van der Waals surface area (Å²) in [6, 6.07) is 6.51. The lowest BCUT2D eigenvalue weighted by molar-refractivity contribution is 0.281. The molecule has 2 N–H and O–H groups in total. The largest absolute Gasteiger partial charge is 0.392 e. The second-order valence-electron chi connectivity index (χ2n) is 6.28. The fraction of sp³-hybridized carbons (Fsp3) is 0.111. The van der Waals surface area contributed by atoms with Gasteiger partial charge in [0.1, 0.15) is 17.2 Å². The van der Waals surface area contributed by atoms with Crippen LogP contribution in [0, 0.1) is 5.82 Å². The van der Waals surface area contributed by atoms with Crippen LogP contribution < -0.4 is 0 Å². The second kappa shape index (κ2) is 5.99. The third kappa shape index (κ3) is 2.74. The average molecular weight is 363 g/mol. The predicted octanol–water partition coefficient (Wildman–Crippen LogP) is 2.15.